The van der Waals surface area contributed by atoms with Crippen molar-refractivity contribution in [3.63, 3.8) is 0 Å². The molecule has 3 N–H and O–H groups in total. The second-order valence-electron chi connectivity index (χ2n) is 4.70. The van der Waals surface area contributed by atoms with Crippen molar-refractivity contribution < 1.29 is 9.53 Å². The molecule has 1 rings (SSSR count). The lowest BCUT2D eigenvalue weighted by atomic mass is 10.1. The molecular weight excluding hydrogens is 242 g/mol. The summed E-state index contributed by atoms with van der Waals surface area (Å²) in [6.45, 7) is 3.98. The van der Waals surface area contributed by atoms with Crippen LogP contribution in [0.2, 0.25) is 0 Å². The molecule has 0 aliphatic carbocycles. The van der Waals surface area contributed by atoms with Crippen molar-refractivity contribution in [3.8, 4) is 5.75 Å². The number of hydrogen-bond donors (Lipinski definition) is 2. The topological polar surface area (TPSA) is 67.6 Å². The van der Waals surface area contributed by atoms with E-state index in [1.165, 1.54) is 0 Å². The molecule has 0 aliphatic rings. The number of nitrogens with one attached hydrogen (secondary N) is 1. The van der Waals surface area contributed by atoms with Crippen LogP contribution in [0.4, 0.5) is 5.69 Å². The molecule has 0 saturated carbocycles. The molecule has 0 radical (unpaired) electrons. The zero-order chi connectivity index (χ0) is 14.3. The van der Waals surface area contributed by atoms with Crippen LogP contribution in [-0.4, -0.2) is 44.6 Å². The Kier molecular flexibility index (Phi) is 6.15. The lowest BCUT2D eigenvalue weighted by molar-refractivity contribution is -0.124. The van der Waals surface area contributed by atoms with Crippen molar-refractivity contribution in [2.75, 3.05) is 39.5 Å². The Morgan fingerprint density at radius 2 is 2.05 bits per heavy atom. The van der Waals surface area contributed by atoms with E-state index in [1.54, 1.807) is 7.05 Å². The van der Waals surface area contributed by atoms with E-state index in [1.807, 2.05) is 38.2 Å². The fraction of sp³-hybridized carbons (Fsp3) is 0.500. The first-order valence-corrected chi connectivity index (χ1v) is 6.41. The number of nitrogens with two attached hydrogens (primary N) is 1. The number of likely N-dealkylation sites (N-methyl/N-ethyl adjacent to an activating group) is 1. The Hall–Kier alpha value is -1.75. The number of carbonyl (C=O) groups is 1. The normalized spacial score (nSPS) is 12.2. The minimum Gasteiger partial charge on any atom is -0.492 e. The van der Waals surface area contributed by atoms with Gasteiger partial charge in [-0.1, -0.05) is 6.92 Å². The van der Waals surface area contributed by atoms with Crippen LogP contribution in [0, 0.1) is 5.92 Å². The van der Waals surface area contributed by atoms with E-state index in [-0.39, 0.29) is 11.8 Å². The number of carbonyl (C=O) groups excluding carboxylic acids is 1. The minimum atomic E-state index is -0.0217. The highest BCUT2D eigenvalue weighted by atomic mass is 16.5. The van der Waals surface area contributed by atoms with Crippen LogP contribution in [0.3, 0.4) is 0 Å². The Bertz CT molecular complexity index is 392. The second kappa shape index (κ2) is 7.63. The third kappa shape index (κ3) is 5.61. The third-order valence-electron chi connectivity index (χ3n) is 2.90. The van der Waals surface area contributed by atoms with Gasteiger partial charge in [0, 0.05) is 31.7 Å². The summed E-state index contributed by atoms with van der Waals surface area (Å²) in [5.41, 5.74) is 6.32. The van der Waals surface area contributed by atoms with Crippen LogP contribution in [0.1, 0.15) is 6.92 Å². The molecule has 1 amide bonds. The molecule has 0 aliphatic heterocycles. The zero-order valence-corrected chi connectivity index (χ0v) is 11.8. The van der Waals surface area contributed by atoms with Crippen molar-refractivity contribution in [1.29, 1.82) is 0 Å². The van der Waals surface area contributed by atoms with Crippen molar-refractivity contribution in [2.45, 2.75) is 6.92 Å². The first-order chi connectivity index (χ1) is 9.02. The predicted octanol–water partition coefficient (Wildman–Crippen LogP) is 0.962. The monoisotopic (exact) mass is 265 g/mol. The molecular formula is C14H23N3O2. The molecule has 0 fully saturated rings. The summed E-state index contributed by atoms with van der Waals surface area (Å²) in [5.74, 6) is 0.847. The number of anilines is 1. The van der Waals surface area contributed by atoms with Gasteiger partial charge in [0.05, 0.1) is 0 Å². The van der Waals surface area contributed by atoms with Crippen LogP contribution in [-0.2, 0) is 4.79 Å². The predicted molar refractivity (Wildman–Crippen MR) is 77.1 cm³/mol. The molecule has 5 nitrogen and oxygen atoms in total. The summed E-state index contributed by atoms with van der Waals surface area (Å²) in [5, 5.41) is 2.65. The molecule has 0 bridgehead atoms. The smallest absolute Gasteiger partial charge is 0.223 e. The van der Waals surface area contributed by atoms with Gasteiger partial charge in [0.2, 0.25) is 5.91 Å². The van der Waals surface area contributed by atoms with Gasteiger partial charge in [0.25, 0.3) is 0 Å². The van der Waals surface area contributed by atoms with Gasteiger partial charge in [0.1, 0.15) is 12.4 Å². The maximum Gasteiger partial charge on any atom is 0.223 e. The van der Waals surface area contributed by atoms with E-state index in [2.05, 4.69) is 10.2 Å². The maximum absolute atomic E-state index is 11.4. The molecule has 0 saturated heterocycles. The van der Waals surface area contributed by atoms with Gasteiger partial charge >= 0.3 is 0 Å². The first-order valence-electron chi connectivity index (χ1n) is 6.41. The summed E-state index contributed by atoms with van der Waals surface area (Å²) in [6, 6.07) is 7.32. The summed E-state index contributed by atoms with van der Waals surface area (Å²) in [6.07, 6.45) is 0. The number of nitrogens with zero attached hydrogens (tertiary/aromatic N) is 1. The molecule has 19 heavy (non-hydrogen) atoms. The summed E-state index contributed by atoms with van der Waals surface area (Å²) >= 11 is 0. The fourth-order valence-electron chi connectivity index (χ4n) is 1.77. The van der Waals surface area contributed by atoms with E-state index in [4.69, 9.17) is 10.5 Å². The highest BCUT2D eigenvalue weighted by Gasteiger charge is 2.13. The Morgan fingerprint density at radius 1 is 1.42 bits per heavy atom. The molecule has 0 spiro atoms. The first kappa shape index (κ1) is 15.3. The maximum atomic E-state index is 11.4. The van der Waals surface area contributed by atoms with Crippen LogP contribution in [0.25, 0.3) is 0 Å². The van der Waals surface area contributed by atoms with Crippen molar-refractivity contribution in [2.24, 2.45) is 5.92 Å². The van der Waals surface area contributed by atoms with Gasteiger partial charge in [-0.15, -0.1) is 0 Å². The SMILES string of the molecule is CNC(=O)C(C)CN(C)CCOc1ccc(N)cc1. The van der Waals surface area contributed by atoms with Crippen molar-refractivity contribution in [1.82, 2.24) is 10.2 Å². The minimum absolute atomic E-state index is 0.0217. The van der Waals surface area contributed by atoms with Gasteiger partial charge in [0.15, 0.2) is 0 Å². The quantitative estimate of drug-likeness (QED) is 0.721. The molecule has 1 unspecified atom stereocenters. The van der Waals surface area contributed by atoms with Crippen molar-refractivity contribution in [3.05, 3.63) is 24.3 Å². The fourth-order valence-corrected chi connectivity index (χ4v) is 1.77. The summed E-state index contributed by atoms with van der Waals surface area (Å²) < 4.78 is 5.60. The zero-order valence-electron chi connectivity index (χ0n) is 11.8. The van der Waals surface area contributed by atoms with Crippen LogP contribution in [0.5, 0.6) is 5.75 Å². The Balaban J connectivity index is 2.25. The van der Waals surface area contributed by atoms with Gasteiger partial charge in [-0.3, -0.25) is 4.79 Å². The average molecular weight is 265 g/mol. The van der Waals surface area contributed by atoms with E-state index < -0.39 is 0 Å². The number of nitrogen functional groups attached to an aromatic ring is 1. The van der Waals surface area contributed by atoms with E-state index in [0.29, 0.717) is 13.2 Å². The van der Waals surface area contributed by atoms with E-state index in [0.717, 1.165) is 18.0 Å². The van der Waals surface area contributed by atoms with Gasteiger partial charge in [-0.2, -0.15) is 0 Å². The Labute approximate surface area is 114 Å². The summed E-state index contributed by atoms with van der Waals surface area (Å²) in [4.78, 5) is 13.5. The molecule has 0 heterocycles. The van der Waals surface area contributed by atoms with E-state index in [9.17, 15) is 4.79 Å². The van der Waals surface area contributed by atoms with Crippen molar-refractivity contribution >= 4 is 11.6 Å². The molecule has 1 atom stereocenters. The third-order valence-corrected chi connectivity index (χ3v) is 2.90. The highest BCUT2D eigenvalue weighted by molar-refractivity contribution is 5.78. The number of rotatable bonds is 7. The summed E-state index contributed by atoms with van der Waals surface area (Å²) in [7, 11) is 3.63. The molecule has 1 aromatic rings. The number of amides is 1. The van der Waals surface area contributed by atoms with Gasteiger partial charge < -0.3 is 20.7 Å². The molecule has 0 aromatic heterocycles. The Morgan fingerprint density at radius 3 is 2.63 bits per heavy atom. The van der Waals surface area contributed by atoms with Crippen LogP contribution < -0.4 is 15.8 Å². The molecule has 106 valence electrons. The lowest BCUT2D eigenvalue weighted by Gasteiger charge is -2.20. The molecule has 5 heteroatoms. The highest BCUT2D eigenvalue weighted by Crippen LogP contribution is 2.12. The lowest BCUT2D eigenvalue weighted by Crippen LogP contribution is -2.36. The number of hydrogen-bond acceptors (Lipinski definition) is 4. The second-order valence-corrected chi connectivity index (χ2v) is 4.70. The van der Waals surface area contributed by atoms with Gasteiger partial charge in [-0.25, -0.2) is 0 Å². The average Bonchev–Trinajstić information content (AvgIpc) is 2.40. The van der Waals surface area contributed by atoms with Crippen LogP contribution >= 0.6 is 0 Å². The van der Waals surface area contributed by atoms with E-state index >= 15 is 0 Å². The number of ether oxygens (including phenoxy) is 1. The van der Waals surface area contributed by atoms with Gasteiger partial charge in [-0.05, 0) is 31.3 Å². The van der Waals surface area contributed by atoms with Crippen LogP contribution in [0.15, 0.2) is 24.3 Å². The standard InChI is InChI=1S/C14H23N3O2/c1-11(14(18)16-2)10-17(3)8-9-19-13-6-4-12(15)5-7-13/h4-7,11H,8-10,15H2,1-3H3,(H,16,18). The largest absolute Gasteiger partial charge is 0.492 e. The number of benzene rings is 1. The molecule has 1 aromatic carbocycles.